The van der Waals surface area contributed by atoms with Gasteiger partial charge < -0.3 is 14.7 Å². The van der Waals surface area contributed by atoms with E-state index in [0.29, 0.717) is 5.52 Å². The van der Waals surface area contributed by atoms with Gasteiger partial charge in [-0.2, -0.15) is 0 Å². The molecule has 5 nitrogen and oxygen atoms in total. The van der Waals surface area contributed by atoms with E-state index >= 15 is 0 Å². The summed E-state index contributed by atoms with van der Waals surface area (Å²) >= 11 is 0. The molecule has 0 unspecified atom stereocenters. The molecular formula is C22H25N3O2. The third kappa shape index (κ3) is 3.83. The summed E-state index contributed by atoms with van der Waals surface area (Å²) < 4.78 is 5.34. The molecule has 1 fully saturated rings. The van der Waals surface area contributed by atoms with Crippen LogP contribution in [0.3, 0.4) is 0 Å². The summed E-state index contributed by atoms with van der Waals surface area (Å²) in [7, 11) is 1.71. The Kier molecular flexibility index (Phi) is 5.12. The van der Waals surface area contributed by atoms with Crippen LogP contribution >= 0.6 is 0 Å². The molecule has 5 heteroatoms. The largest absolute Gasteiger partial charge is 0.506 e. The number of rotatable bonds is 5. The molecule has 2 aromatic carbocycles. The molecule has 1 aromatic heterocycles. The summed E-state index contributed by atoms with van der Waals surface area (Å²) in [4.78, 5) is 9.23. The summed E-state index contributed by atoms with van der Waals surface area (Å²) in [6.07, 6.45) is 2.69. The number of piperazine rings is 1. The Balaban J connectivity index is 1.37. The van der Waals surface area contributed by atoms with Gasteiger partial charge in [0.1, 0.15) is 17.0 Å². The second kappa shape index (κ2) is 7.84. The van der Waals surface area contributed by atoms with Crippen molar-refractivity contribution < 1.29 is 9.84 Å². The lowest BCUT2D eigenvalue weighted by molar-refractivity contribution is 0.261. The van der Waals surface area contributed by atoms with Gasteiger partial charge in [0.15, 0.2) is 0 Å². The predicted octanol–water partition coefficient (Wildman–Crippen LogP) is 3.31. The summed E-state index contributed by atoms with van der Waals surface area (Å²) in [5.41, 5.74) is 3.16. The van der Waals surface area contributed by atoms with Crippen LogP contribution in [-0.4, -0.2) is 54.8 Å². The van der Waals surface area contributed by atoms with Gasteiger partial charge in [0.25, 0.3) is 0 Å². The normalized spacial score (nSPS) is 15.2. The van der Waals surface area contributed by atoms with E-state index in [1.54, 1.807) is 19.4 Å². The van der Waals surface area contributed by atoms with E-state index in [-0.39, 0.29) is 5.75 Å². The SMILES string of the molecule is COc1cccc(N2CCN(CCc3ccc(O)c4ncccc34)CC2)c1. The highest BCUT2D eigenvalue weighted by atomic mass is 16.5. The van der Waals surface area contributed by atoms with Crippen molar-refractivity contribution in [3.63, 3.8) is 0 Å². The van der Waals surface area contributed by atoms with Gasteiger partial charge in [0.05, 0.1) is 7.11 Å². The first kappa shape index (κ1) is 17.6. The molecule has 0 radical (unpaired) electrons. The molecule has 0 atom stereocenters. The van der Waals surface area contributed by atoms with Crippen molar-refractivity contribution in [2.75, 3.05) is 44.7 Å². The first-order valence-corrected chi connectivity index (χ1v) is 9.41. The zero-order valence-electron chi connectivity index (χ0n) is 15.6. The monoisotopic (exact) mass is 363 g/mol. The zero-order valence-corrected chi connectivity index (χ0v) is 15.6. The highest BCUT2D eigenvalue weighted by Gasteiger charge is 2.18. The number of nitrogens with zero attached hydrogens (tertiary/aromatic N) is 3. The van der Waals surface area contributed by atoms with Crippen LogP contribution in [0.15, 0.2) is 54.7 Å². The van der Waals surface area contributed by atoms with Crippen molar-refractivity contribution in [1.82, 2.24) is 9.88 Å². The van der Waals surface area contributed by atoms with Crippen molar-refractivity contribution in [1.29, 1.82) is 0 Å². The van der Waals surface area contributed by atoms with Crippen LogP contribution in [0, 0.1) is 0 Å². The third-order valence-electron chi connectivity index (χ3n) is 5.33. The van der Waals surface area contributed by atoms with Crippen LogP contribution < -0.4 is 9.64 Å². The fourth-order valence-electron chi connectivity index (χ4n) is 3.75. The first-order valence-electron chi connectivity index (χ1n) is 9.41. The van der Waals surface area contributed by atoms with Crippen molar-refractivity contribution >= 4 is 16.6 Å². The zero-order chi connectivity index (χ0) is 18.6. The van der Waals surface area contributed by atoms with Crippen LogP contribution in [0.25, 0.3) is 10.9 Å². The maximum Gasteiger partial charge on any atom is 0.141 e. The molecule has 0 saturated carbocycles. The first-order chi connectivity index (χ1) is 13.2. The Labute approximate surface area is 159 Å². The van der Waals surface area contributed by atoms with Crippen molar-refractivity contribution in [2.24, 2.45) is 0 Å². The van der Waals surface area contributed by atoms with Gasteiger partial charge in [0, 0.05) is 56.1 Å². The van der Waals surface area contributed by atoms with E-state index in [1.165, 1.54) is 11.3 Å². The lowest BCUT2D eigenvalue weighted by Crippen LogP contribution is -2.47. The van der Waals surface area contributed by atoms with Gasteiger partial charge in [-0.1, -0.05) is 18.2 Å². The second-order valence-corrected chi connectivity index (χ2v) is 6.92. The molecule has 0 spiro atoms. The Hall–Kier alpha value is -2.79. The number of aromatic hydroxyl groups is 1. The number of pyridine rings is 1. The van der Waals surface area contributed by atoms with Crippen LogP contribution in [0.5, 0.6) is 11.5 Å². The van der Waals surface area contributed by atoms with E-state index < -0.39 is 0 Å². The molecule has 2 heterocycles. The molecule has 0 amide bonds. The third-order valence-corrected chi connectivity index (χ3v) is 5.33. The van der Waals surface area contributed by atoms with Crippen LogP contribution in [0.2, 0.25) is 0 Å². The Morgan fingerprint density at radius 1 is 1.04 bits per heavy atom. The minimum absolute atomic E-state index is 0.251. The van der Waals surface area contributed by atoms with Crippen LogP contribution in [0.1, 0.15) is 5.56 Å². The number of aromatic nitrogens is 1. The van der Waals surface area contributed by atoms with Gasteiger partial charge in [-0.05, 0) is 36.2 Å². The van der Waals surface area contributed by atoms with E-state index in [9.17, 15) is 5.11 Å². The van der Waals surface area contributed by atoms with E-state index in [2.05, 4.69) is 26.9 Å². The highest BCUT2D eigenvalue weighted by molar-refractivity contribution is 5.87. The number of benzene rings is 2. The summed E-state index contributed by atoms with van der Waals surface area (Å²) in [5, 5.41) is 11.0. The Morgan fingerprint density at radius 3 is 2.70 bits per heavy atom. The quantitative estimate of drug-likeness (QED) is 0.754. The van der Waals surface area contributed by atoms with Gasteiger partial charge in [-0.15, -0.1) is 0 Å². The van der Waals surface area contributed by atoms with Gasteiger partial charge in [0.2, 0.25) is 0 Å². The van der Waals surface area contributed by atoms with Crippen LogP contribution in [-0.2, 0) is 6.42 Å². The van der Waals surface area contributed by atoms with Crippen LogP contribution in [0.4, 0.5) is 5.69 Å². The number of methoxy groups -OCH3 is 1. The number of anilines is 1. The maximum atomic E-state index is 10.0. The number of fused-ring (bicyclic) bond motifs is 1. The van der Waals surface area contributed by atoms with E-state index in [4.69, 9.17) is 4.74 Å². The molecule has 1 aliphatic rings. The standard InChI is InChI=1S/C22H25N3O2/c1-27-19-5-2-4-18(16-19)25-14-12-24(13-15-25)11-9-17-7-8-21(26)22-20(17)6-3-10-23-22/h2-8,10,16,26H,9,11-15H2,1H3. The highest BCUT2D eigenvalue weighted by Crippen LogP contribution is 2.26. The van der Waals surface area contributed by atoms with E-state index in [1.807, 2.05) is 30.3 Å². The van der Waals surface area contributed by atoms with Crippen molar-refractivity contribution in [3.8, 4) is 11.5 Å². The summed E-state index contributed by atoms with van der Waals surface area (Å²) in [5.74, 6) is 1.16. The number of phenols is 1. The number of hydrogen-bond donors (Lipinski definition) is 1. The Morgan fingerprint density at radius 2 is 1.89 bits per heavy atom. The summed E-state index contributed by atoms with van der Waals surface area (Å²) in [6.45, 7) is 5.15. The molecule has 140 valence electrons. The molecule has 4 rings (SSSR count). The topological polar surface area (TPSA) is 48.8 Å². The lowest BCUT2D eigenvalue weighted by atomic mass is 10.0. The average Bonchev–Trinajstić information content (AvgIpc) is 2.74. The molecule has 1 aliphatic heterocycles. The molecular weight excluding hydrogens is 338 g/mol. The molecule has 27 heavy (non-hydrogen) atoms. The minimum Gasteiger partial charge on any atom is -0.506 e. The average molecular weight is 363 g/mol. The smallest absolute Gasteiger partial charge is 0.141 e. The fourth-order valence-corrected chi connectivity index (χ4v) is 3.75. The molecule has 3 aromatic rings. The van der Waals surface area contributed by atoms with Gasteiger partial charge in [-0.3, -0.25) is 9.88 Å². The van der Waals surface area contributed by atoms with Gasteiger partial charge >= 0.3 is 0 Å². The molecule has 0 aliphatic carbocycles. The van der Waals surface area contributed by atoms with Crippen molar-refractivity contribution in [2.45, 2.75) is 6.42 Å². The van der Waals surface area contributed by atoms with Crippen molar-refractivity contribution in [3.05, 3.63) is 60.3 Å². The molecule has 0 bridgehead atoms. The lowest BCUT2D eigenvalue weighted by Gasteiger charge is -2.36. The predicted molar refractivity (Wildman–Crippen MR) is 109 cm³/mol. The fraction of sp³-hybridized carbons (Fsp3) is 0.318. The number of ether oxygens (including phenoxy) is 1. The Bertz CT molecular complexity index is 920. The van der Waals surface area contributed by atoms with Gasteiger partial charge in [-0.25, -0.2) is 0 Å². The number of phenolic OH excluding ortho intramolecular Hbond substituents is 1. The van der Waals surface area contributed by atoms with E-state index in [0.717, 1.165) is 50.3 Å². The minimum atomic E-state index is 0.251. The molecule has 1 N–H and O–H groups in total. The summed E-state index contributed by atoms with van der Waals surface area (Å²) in [6, 6.07) is 16.0. The maximum absolute atomic E-state index is 10.0. The number of hydrogen-bond acceptors (Lipinski definition) is 5. The molecule has 1 saturated heterocycles. The second-order valence-electron chi connectivity index (χ2n) is 6.92.